The van der Waals surface area contributed by atoms with Crippen molar-refractivity contribution in [2.24, 2.45) is 0 Å². The first-order chi connectivity index (χ1) is 13.0. The Bertz CT molecular complexity index is 285. The number of rotatable bonds is 17. The van der Waals surface area contributed by atoms with E-state index in [2.05, 4.69) is 27.4 Å². The van der Waals surface area contributed by atoms with Gasteiger partial charge in [-0.3, -0.25) is 0 Å². The van der Waals surface area contributed by atoms with Gasteiger partial charge in [-0.05, 0) is 23.8 Å². The van der Waals surface area contributed by atoms with Crippen LogP contribution < -0.4 is 0 Å². The number of hydrogen-bond acceptors (Lipinski definition) is 7. The van der Waals surface area contributed by atoms with E-state index in [0.29, 0.717) is 39.6 Å². The Morgan fingerprint density at radius 1 is 0.630 bits per heavy atom. The highest BCUT2D eigenvalue weighted by atomic mass is 28.4. The summed E-state index contributed by atoms with van der Waals surface area (Å²) in [4.78, 5) is 0. The Balaban J connectivity index is 0. The van der Waals surface area contributed by atoms with Crippen LogP contribution in [0.3, 0.4) is 0 Å². The van der Waals surface area contributed by atoms with Crippen LogP contribution in [0.1, 0.15) is 20.8 Å². The zero-order chi connectivity index (χ0) is 21.0. The van der Waals surface area contributed by atoms with Crippen molar-refractivity contribution in [1.82, 2.24) is 0 Å². The first kappa shape index (κ1) is 29.1. The summed E-state index contributed by atoms with van der Waals surface area (Å²) in [5, 5.41) is 0. The monoisotopic (exact) mass is 426 g/mol. The maximum Gasteiger partial charge on any atom is 0.529 e. The molecule has 7 nitrogen and oxygen atoms in total. The van der Waals surface area contributed by atoms with Crippen LogP contribution in [0.25, 0.3) is 0 Å². The number of hydrogen-bond donors (Lipinski definition) is 0. The number of methoxy groups -OCH3 is 3. The predicted molar refractivity (Wildman–Crippen MR) is 114 cm³/mol. The van der Waals surface area contributed by atoms with Gasteiger partial charge in [0.1, 0.15) is 0 Å². The van der Waals surface area contributed by atoms with E-state index in [1.165, 1.54) is 18.1 Å². The largest absolute Gasteiger partial charge is 0.529 e. The summed E-state index contributed by atoms with van der Waals surface area (Å²) in [5.41, 5.74) is 1.61. The SMILES string of the molecule is C=C[Si](OCCOC)(OCCOC)OCCOC.CC[Si](CC)(CC)OC. The summed E-state index contributed by atoms with van der Waals surface area (Å²) < 4.78 is 37.3. The fourth-order valence-corrected chi connectivity index (χ4v) is 6.36. The Hall–Kier alpha value is -0.106. The summed E-state index contributed by atoms with van der Waals surface area (Å²) in [6.07, 6.45) is 0. The molecule has 0 saturated carbocycles. The topological polar surface area (TPSA) is 64.6 Å². The molecule has 0 radical (unpaired) electrons. The molecule has 164 valence electrons. The second-order valence-corrected chi connectivity index (χ2v) is 13.2. The van der Waals surface area contributed by atoms with E-state index >= 15 is 0 Å². The molecule has 0 rings (SSSR count). The van der Waals surface area contributed by atoms with Gasteiger partial charge in [0.25, 0.3) is 0 Å². The minimum absolute atomic E-state index is 0.398. The van der Waals surface area contributed by atoms with E-state index in [9.17, 15) is 0 Å². The molecule has 0 bridgehead atoms. The standard InChI is InChI=1S/C11H24O6Si.C7H18OSi/c1-5-18(15-9-6-12-2,16-10-7-13-3)17-11-8-14-4;1-5-9(6-2,7-3)8-4/h5H,1,6-11H2,2-4H3;5-7H2,1-4H3. The van der Waals surface area contributed by atoms with Crippen molar-refractivity contribution in [3.8, 4) is 0 Å². The Morgan fingerprint density at radius 2 is 0.963 bits per heavy atom. The van der Waals surface area contributed by atoms with Crippen molar-refractivity contribution in [2.45, 2.75) is 38.9 Å². The van der Waals surface area contributed by atoms with Crippen molar-refractivity contribution in [2.75, 3.05) is 68.1 Å². The quantitative estimate of drug-likeness (QED) is 0.261. The minimum Gasteiger partial charge on any atom is -0.420 e. The first-order valence-electron chi connectivity index (χ1n) is 9.56. The van der Waals surface area contributed by atoms with Crippen LogP contribution in [0.4, 0.5) is 0 Å². The zero-order valence-corrected chi connectivity index (χ0v) is 20.5. The lowest BCUT2D eigenvalue weighted by Crippen LogP contribution is -2.46. The fourth-order valence-electron chi connectivity index (χ4n) is 2.29. The second-order valence-electron chi connectivity index (χ2n) is 5.78. The Kier molecular flexibility index (Phi) is 20.7. The summed E-state index contributed by atoms with van der Waals surface area (Å²) in [6, 6.07) is 3.78. The molecule has 0 saturated heterocycles. The molecule has 0 spiro atoms. The van der Waals surface area contributed by atoms with Gasteiger partial charge in [0, 0.05) is 28.4 Å². The molecule has 0 heterocycles. The molecule has 0 aromatic rings. The van der Waals surface area contributed by atoms with Crippen LogP contribution in [0.2, 0.25) is 18.1 Å². The highest BCUT2D eigenvalue weighted by Crippen LogP contribution is 2.19. The lowest BCUT2D eigenvalue weighted by Gasteiger charge is -2.26. The third kappa shape index (κ3) is 13.7. The van der Waals surface area contributed by atoms with Crippen LogP contribution in [0.15, 0.2) is 12.3 Å². The van der Waals surface area contributed by atoms with Crippen molar-refractivity contribution < 1.29 is 31.9 Å². The molecule has 0 aliphatic carbocycles. The van der Waals surface area contributed by atoms with Crippen LogP contribution in [-0.4, -0.2) is 85.2 Å². The maximum absolute atomic E-state index is 5.65. The summed E-state index contributed by atoms with van der Waals surface area (Å²) in [6.45, 7) is 13.1. The van der Waals surface area contributed by atoms with Gasteiger partial charge in [-0.25, -0.2) is 0 Å². The van der Waals surface area contributed by atoms with Gasteiger partial charge >= 0.3 is 8.80 Å². The second kappa shape index (κ2) is 19.2. The molecule has 0 aromatic heterocycles. The van der Waals surface area contributed by atoms with E-state index < -0.39 is 17.1 Å². The van der Waals surface area contributed by atoms with Gasteiger partial charge in [0.05, 0.1) is 39.6 Å². The minimum atomic E-state index is -2.86. The highest BCUT2D eigenvalue weighted by Gasteiger charge is 2.37. The zero-order valence-electron chi connectivity index (χ0n) is 18.5. The van der Waals surface area contributed by atoms with Gasteiger partial charge < -0.3 is 31.9 Å². The average Bonchev–Trinajstić information content (AvgIpc) is 2.71. The number of ether oxygens (including phenoxy) is 3. The lowest BCUT2D eigenvalue weighted by molar-refractivity contribution is 0.0232. The molecule has 0 atom stereocenters. The summed E-state index contributed by atoms with van der Waals surface area (Å²) >= 11 is 0. The third-order valence-corrected chi connectivity index (χ3v) is 11.4. The molecule has 0 amide bonds. The molecular formula is C18H42O7Si2. The van der Waals surface area contributed by atoms with E-state index in [1.807, 2.05) is 7.11 Å². The van der Waals surface area contributed by atoms with Gasteiger partial charge in [-0.15, -0.1) is 0 Å². The van der Waals surface area contributed by atoms with Crippen LogP contribution >= 0.6 is 0 Å². The maximum atomic E-state index is 5.65. The van der Waals surface area contributed by atoms with Gasteiger partial charge in [0.2, 0.25) is 0 Å². The molecule has 0 unspecified atom stereocenters. The van der Waals surface area contributed by atoms with Crippen LogP contribution in [0.5, 0.6) is 0 Å². The van der Waals surface area contributed by atoms with Crippen LogP contribution in [0, 0.1) is 0 Å². The van der Waals surface area contributed by atoms with E-state index in [4.69, 9.17) is 31.9 Å². The summed E-state index contributed by atoms with van der Waals surface area (Å²) in [5.74, 6) is 0. The van der Waals surface area contributed by atoms with E-state index in [1.54, 1.807) is 27.0 Å². The highest BCUT2D eigenvalue weighted by molar-refractivity contribution is 6.73. The smallest absolute Gasteiger partial charge is 0.420 e. The first-order valence-corrected chi connectivity index (χ1v) is 13.9. The van der Waals surface area contributed by atoms with Gasteiger partial charge in [-0.2, -0.15) is 0 Å². The molecule has 0 fully saturated rings. The Labute approximate surface area is 168 Å². The lowest BCUT2D eigenvalue weighted by atomic mass is 10.8. The molecule has 9 heteroatoms. The average molecular weight is 427 g/mol. The van der Waals surface area contributed by atoms with Crippen molar-refractivity contribution in [1.29, 1.82) is 0 Å². The molecule has 0 aliphatic rings. The van der Waals surface area contributed by atoms with E-state index in [-0.39, 0.29) is 0 Å². The van der Waals surface area contributed by atoms with Crippen molar-refractivity contribution in [3.05, 3.63) is 12.3 Å². The molecule has 27 heavy (non-hydrogen) atoms. The van der Waals surface area contributed by atoms with Gasteiger partial charge in [0.15, 0.2) is 8.32 Å². The predicted octanol–water partition coefficient (Wildman–Crippen LogP) is 3.28. The van der Waals surface area contributed by atoms with Crippen LogP contribution in [-0.2, 0) is 31.9 Å². The molecule has 0 aliphatic heterocycles. The van der Waals surface area contributed by atoms with Crippen molar-refractivity contribution in [3.63, 3.8) is 0 Å². The van der Waals surface area contributed by atoms with E-state index in [0.717, 1.165) is 0 Å². The molecule has 0 aromatic carbocycles. The fraction of sp³-hybridized carbons (Fsp3) is 0.889. The van der Waals surface area contributed by atoms with Gasteiger partial charge in [-0.1, -0.05) is 27.4 Å². The molecule has 0 N–H and O–H groups in total. The molecular weight excluding hydrogens is 384 g/mol. The Morgan fingerprint density at radius 3 is 1.11 bits per heavy atom. The normalized spacial score (nSPS) is 11.8. The third-order valence-electron chi connectivity index (χ3n) is 4.39. The van der Waals surface area contributed by atoms with Crippen molar-refractivity contribution >= 4 is 17.1 Å². The summed E-state index contributed by atoms with van der Waals surface area (Å²) in [7, 11) is 2.64.